The molecule has 0 spiro atoms. The molecule has 0 aliphatic rings. The number of fused-ring (bicyclic) bond motifs is 1. The predicted octanol–water partition coefficient (Wildman–Crippen LogP) is 1.88. The zero-order valence-corrected chi connectivity index (χ0v) is 16.9. The van der Waals surface area contributed by atoms with Crippen LogP contribution in [0.3, 0.4) is 0 Å². The van der Waals surface area contributed by atoms with E-state index in [9.17, 15) is 18.7 Å². The molecule has 3 rings (SSSR count). The molecule has 11 heteroatoms. The lowest BCUT2D eigenvalue weighted by molar-refractivity contribution is -0.00177. The highest BCUT2D eigenvalue weighted by molar-refractivity contribution is 6.00. The van der Waals surface area contributed by atoms with Gasteiger partial charge in [-0.15, -0.1) is 0 Å². The number of amides is 1. The number of carbonyl (C=O) groups is 1. The standard InChI is InChI=1S/C20H21F2N7O2/c1-20(2,31)17(22)10-27-19(30)14-8-25-15(5-16(14)24-4-3-21)13-9-28-29-11-12(6-23)7-26-18(13)29/h5,7-9,11,17,31H,3-4,10H2,1-2H3,(H,24,25)(H,27,30)/t17-/m1/s1. The Morgan fingerprint density at radius 1 is 1.35 bits per heavy atom. The van der Waals surface area contributed by atoms with Gasteiger partial charge in [0.2, 0.25) is 0 Å². The van der Waals surface area contributed by atoms with E-state index < -0.39 is 30.9 Å². The number of nitrogens with one attached hydrogen (secondary N) is 2. The number of aliphatic hydroxyl groups is 1. The summed E-state index contributed by atoms with van der Waals surface area (Å²) in [4.78, 5) is 21.1. The van der Waals surface area contributed by atoms with Crippen molar-refractivity contribution in [1.29, 1.82) is 5.26 Å². The number of hydrogen-bond donors (Lipinski definition) is 3. The van der Waals surface area contributed by atoms with Gasteiger partial charge in [0.25, 0.3) is 5.91 Å². The van der Waals surface area contributed by atoms with E-state index >= 15 is 0 Å². The Kier molecular flexibility index (Phi) is 6.41. The van der Waals surface area contributed by atoms with Crippen LogP contribution in [-0.2, 0) is 0 Å². The number of halogens is 2. The van der Waals surface area contributed by atoms with Crippen LogP contribution in [0.4, 0.5) is 14.5 Å². The van der Waals surface area contributed by atoms with Gasteiger partial charge >= 0.3 is 0 Å². The Hall–Kier alpha value is -3.65. The van der Waals surface area contributed by atoms with Gasteiger partial charge in [0.15, 0.2) is 5.65 Å². The molecule has 0 saturated carbocycles. The third kappa shape index (κ3) is 4.92. The summed E-state index contributed by atoms with van der Waals surface area (Å²) in [5.74, 6) is -0.621. The molecule has 1 amide bonds. The molecule has 0 aromatic carbocycles. The van der Waals surface area contributed by atoms with E-state index in [2.05, 4.69) is 25.7 Å². The number of alkyl halides is 2. The van der Waals surface area contributed by atoms with Crippen molar-refractivity contribution in [3.8, 4) is 17.3 Å². The number of nitriles is 1. The summed E-state index contributed by atoms with van der Waals surface area (Å²) in [5, 5.41) is 28.1. The van der Waals surface area contributed by atoms with Crippen LogP contribution in [0.1, 0.15) is 29.8 Å². The lowest BCUT2D eigenvalue weighted by atomic mass is 10.0. The number of nitrogens with zero attached hydrogens (tertiary/aromatic N) is 5. The zero-order valence-electron chi connectivity index (χ0n) is 16.9. The molecule has 0 fully saturated rings. The molecule has 162 valence electrons. The van der Waals surface area contributed by atoms with Crippen molar-refractivity contribution >= 4 is 17.2 Å². The minimum absolute atomic E-state index is 0.0440. The van der Waals surface area contributed by atoms with Gasteiger partial charge in [-0.25, -0.2) is 18.3 Å². The maximum absolute atomic E-state index is 14.0. The molecular formula is C20H21F2N7O2. The van der Waals surface area contributed by atoms with E-state index in [1.54, 1.807) is 6.07 Å². The molecule has 9 nitrogen and oxygen atoms in total. The van der Waals surface area contributed by atoms with Crippen molar-refractivity contribution in [2.75, 3.05) is 25.1 Å². The van der Waals surface area contributed by atoms with Crippen molar-refractivity contribution in [3.05, 3.63) is 42.0 Å². The van der Waals surface area contributed by atoms with Gasteiger partial charge in [-0.05, 0) is 19.9 Å². The van der Waals surface area contributed by atoms with Gasteiger partial charge in [-0.1, -0.05) is 0 Å². The molecule has 3 N–H and O–H groups in total. The Labute approximate surface area is 176 Å². The average molecular weight is 429 g/mol. The van der Waals surface area contributed by atoms with Gasteiger partial charge in [0.05, 0.1) is 52.6 Å². The quantitative estimate of drug-likeness (QED) is 0.499. The number of hydrogen-bond acceptors (Lipinski definition) is 7. The summed E-state index contributed by atoms with van der Waals surface area (Å²) >= 11 is 0. The van der Waals surface area contributed by atoms with E-state index in [0.29, 0.717) is 28.2 Å². The van der Waals surface area contributed by atoms with Crippen LogP contribution in [0.5, 0.6) is 0 Å². The molecule has 3 aromatic heterocycles. The summed E-state index contributed by atoms with van der Waals surface area (Å²) in [6, 6.07) is 3.52. The van der Waals surface area contributed by atoms with Crippen LogP contribution in [-0.4, -0.2) is 62.1 Å². The average Bonchev–Trinajstić information content (AvgIpc) is 3.17. The molecular weight excluding hydrogens is 408 g/mol. The molecule has 3 aromatic rings. The topological polar surface area (TPSA) is 128 Å². The number of aromatic nitrogens is 4. The summed E-state index contributed by atoms with van der Waals surface area (Å²) in [5.41, 5.74) is 0.543. The lowest BCUT2D eigenvalue weighted by Gasteiger charge is -2.22. The fraction of sp³-hybridized carbons (Fsp3) is 0.350. The fourth-order valence-electron chi connectivity index (χ4n) is 2.75. The lowest BCUT2D eigenvalue weighted by Crippen LogP contribution is -2.42. The SMILES string of the molecule is CC(C)(O)[C@H](F)CNC(=O)c1cnc(-c2cnn3cc(C#N)cnc23)cc1NCCF. The summed E-state index contributed by atoms with van der Waals surface area (Å²) in [6.07, 6.45) is 4.05. The number of anilines is 1. The minimum Gasteiger partial charge on any atom is -0.387 e. The van der Waals surface area contributed by atoms with E-state index in [1.807, 2.05) is 6.07 Å². The highest BCUT2D eigenvalue weighted by Crippen LogP contribution is 2.26. The third-order valence-corrected chi connectivity index (χ3v) is 4.53. The number of pyridine rings is 1. The first kappa shape index (κ1) is 22.0. The second kappa shape index (κ2) is 9.01. The van der Waals surface area contributed by atoms with Crippen LogP contribution in [0.2, 0.25) is 0 Å². The molecule has 0 bridgehead atoms. The van der Waals surface area contributed by atoms with Crippen LogP contribution < -0.4 is 10.6 Å². The van der Waals surface area contributed by atoms with E-state index in [4.69, 9.17) is 5.26 Å². The summed E-state index contributed by atoms with van der Waals surface area (Å²) in [7, 11) is 0. The van der Waals surface area contributed by atoms with E-state index in [0.717, 1.165) is 0 Å². The largest absolute Gasteiger partial charge is 0.387 e. The molecule has 0 radical (unpaired) electrons. The van der Waals surface area contributed by atoms with Crippen molar-refractivity contribution in [3.63, 3.8) is 0 Å². The summed E-state index contributed by atoms with van der Waals surface area (Å²) < 4.78 is 28.1. The van der Waals surface area contributed by atoms with Crippen molar-refractivity contribution in [2.24, 2.45) is 0 Å². The molecule has 1 atom stereocenters. The molecule has 31 heavy (non-hydrogen) atoms. The highest BCUT2D eigenvalue weighted by Gasteiger charge is 2.27. The van der Waals surface area contributed by atoms with Crippen molar-refractivity contribution in [2.45, 2.75) is 25.6 Å². The fourth-order valence-corrected chi connectivity index (χ4v) is 2.75. The van der Waals surface area contributed by atoms with Gasteiger partial charge in [-0.2, -0.15) is 10.4 Å². The van der Waals surface area contributed by atoms with Gasteiger partial charge in [0.1, 0.15) is 18.9 Å². The van der Waals surface area contributed by atoms with Crippen LogP contribution in [0, 0.1) is 11.3 Å². The molecule has 0 unspecified atom stereocenters. The second-order valence-electron chi connectivity index (χ2n) is 7.34. The first-order valence-electron chi connectivity index (χ1n) is 9.43. The molecule has 0 aliphatic heterocycles. The highest BCUT2D eigenvalue weighted by atomic mass is 19.1. The van der Waals surface area contributed by atoms with Crippen molar-refractivity contribution < 1.29 is 18.7 Å². The Bertz CT molecular complexity index is 1130. The van der Waals surface area contributed by atoms with Gasteiger partial charge in [-0.3, -0.25) is 9.78 Å². The zero-order chi connectivity index (χ0) is 22.6. The van der Waals surface area contributed by atoms with Gasteiger partial charge < -0.3 is 15.7 Å². The molecule has 0 aliphatic carbocycles. The third-order valence-electron chi connectivity index (χ3n) is 4.53. The second-order valence-corrected chi connectivity index (χ2v) is 7.34. The number of carbonyl (C=O) groups excluding carboxylic acids is 1. The normalized spacial score (nSPS) is 12.4. The predicted molar refractivity (Wildman–Crippen MR) is 109 cm³/mol. The number of rotatable bonds is 8. The van der Waals surface area contributed by atoms with Gasteiger partial charge in [0, 0.05) is 18.9 Å². The van der Waals surface area contributed by atoms with Crippen LogP contribution in [0.15, 0.2) is 30.9 Å². The maximum atomic E-state index is 14.0. The monoisotopic (exact) mass is 429 g/mol. The Morgan fingerprint density at radius 3 is 2.81 bits per heavy atom. The Morgan fingerprint density at radius 2 is 2.13 bits per heavy atom. The Balaban J connectivity index is 1.91. The van der Waals surface area contributed by atoms with E-state index in [-0.39, 0.29) is 12.1 Å². The summed E-state index contributed by atoms with van der Waals surface area (Å²) in [6.45, 7) is 1.50. The smallest absolute Gasteiger partial charge is 0.255 e. The van der Waals surface area contributed by atoms with Crippen LogP contribution >= 0.6 is 0 Å². The minimum atomic E-state index is -1.67. The first-order chi connectivity index (χ1) is 14.7. The molecule has 0 saturated heterocycles. The van der Waals surface area contributed by atoms with Crippen molar-refractivity contribution in [1.82, 2.24) is 24.9 Å². The van der Waals surface area contributed by atoms with Crippen LogP contribution in [0.25, 0.3) is 16.9 Å². The first-order valence-corrected chi connectivity index (χ1v) is 9.43. The van der Waals surface area contributed by atoms with E-state index in [1.165, 1.54) is 43.2 Å². The maximum Gasteiger partial charge on any atom is 0.255 e. The molecule has 3 heterocycles.